The van der Waals surface area contributed by atoms with Gasteiger partial charge in [0.25, 0.3) is 12.3 Å². The summed E-state index contributed by atoms with van der Waals surface area (Å²) < 4.78 is 101. The van der Waals surface area contributed by atoms with Crippen molar-refractivity contribution in [2.24, 2.45) is 16.6 Å². The largest absolute Gasteiger partial charge is 0.447 e. The number of hydrogen-bond acceptors (Lipinski definition) is 9. The highest BCUT2D eigenvalue weighted by Crippen LogP contribution is 2.49. The molecule has 3 N–H and O–H groups in total. The minimum Gasteiger partial charge on any atom is -0.447 e. The molecule has 1 saturated carbocycles. The van der Waals surface area contributed by atoms with Crippen molar-refractivity contribution >= 4 is 29.6 Å². The predicted molar refractivity (Wildman–Crippen MR) is 180 cm³/mol. The highest BCUT2D eigenvalue weighted by molar-refractivity contribution is 6.32. The van der Waals surface area contributed by atoms with E-state index >= 15 is 0 Å². The maximum Gasteiger partial charge on any atom is 0.411 e. The summed E-state index contributed by atoms with van der Waals surface area (Å²) in [6.07, 6.45) is -6.91. The fourth-order valence-electron chi connectivity index (χ4n) is 6.40. The number of benzene rings is 2. The molecule has 1 aliphatic carbocycles. The number of hydrogen-bond donors (Lipinski definition) is 2. The molecule has 0 radical (unpaired) electrons. The summed E-state index contributed by atoms with van der Waals surface area (Å²) in [5.41, 5.74) is 3.20. The zero-order valence-corrected chi connectivity index (χ0v) is 29.3. The molecule has 2 aromatic heterocycles. The Morgan fingerprint density at radius 1 is 1.11 bits per heavy atom. The van der Waals surface area contributed by atoms with Gasteiger partial charge in [-0.2, -0.15) is 37.4 Å². The second-order valence-corrected chi connectivity index (χ2v) is 13.5. The number of carbonyl (C=O) groups excluding carboxylic acids is 2. The number of nitriles is 1. The summed E-state index contributed by atoms with van der Waals surface area (Å²) in [7, 11) is 0. The normalized spacial score (nSPS) is 19.0. The van der Waals surface area contributed by atoms with Crippen molar-refractivity contribution in [3.63, 3.8) is 0 Å². The number of guanidine groups is 1. The van der Waals surface area contributed by atoms with Crippen LogP contribution in [0.1, 0.15) is 68.6 Å². The Balaban J connectivity index is 1.40. The van der Waals surface area contributed by atoms with E-state index in [1.807, 2.05) is 11.4 Å². The number of rotatable bonds is 13. The molecule has 4 aromatic rings. The molecular formula is C34H30ClF7N10O3. The van der Waals surface area contributed by atoms with Crippen LogP contribution < -0.4 is 11.1 Å². The minimum atomic E-state index is -4.77. The second kappa shape index (κ2) is 14.8. The van der Waals surface area contributed by atoms with Crippen LogP contribution in [0.3, 0.4) is 0 Å². The molecule has 0 bridgehead atoms. The van der Waals surface area contributed by atoms with Gasteiger partial charge >= 0.3 is 18.8 Å². The van der Waals surface area contributed by atoms with Gasteiger partial charge in [-0.3, -0.25) is 9.69 Å². The van der Waals surface area contributed by atoms with E-state index in [0.717, 1.165) is 22.1 Å². The fraction of sp³-hybridized carbons (Fsp3) is 0.382. The molecule has 3 heterocycles. The summed E-state index contributed by atoms with van der Waals surface area (Å²) in [6, 6.07) is 10.6. The number of halogens is 8. The van der Waals surface area contributed by atoms with Gasteiger partial charge in [-0.05, 0) is 54.0 Å². The summed E-state index contributed by atoms with van der Waals surface area (Å²) in [5, 5.41) is 18.7. The lowest BCUT2D eigenvalue weighted by molar-refractivity contribution is -0.164. The van der Waals surface area contributed by atoms with Crippen LogP contribution in [0.25, 0.3) is 16.8 Å². The van der Waals surface area contributed by atoms with Gasteiger partial charge < -0.3 is 15.8 Å². The number of ether oxygens (including phenoxy) is 1. The van der Waals surface area contributed by atoms with E-state index in [0.29, 0.717) is 15.8 Å². The van der Waals surface area contributed by atoms with E-state index in [4.69, 9.17) is 22.1 Å². The van der Waals surface area contributed by atoms with Crippen LogP contribution in [0.2, 0.25) is 5.02 Å². The van der Waals surface area contributed by atoms with Gasteiger partial charge in [0.05, 0.1) is 29.0 Å². The summed E-state index contributed by atoms with van der Waals surface area (Å²) >= 11 is 6.39. The van der Waals surface area contributed by atoms with Crippen molar-refractivity contribution in [1.82, 2.24) is 34.8 Å². The van der Waals surface area contributed by atoms with Crippen LogP contribution in [0, 0.1) is 17.2 Å². The molecule has 1 fully saturated rings. The lowest BCUT2D eigenvalue weighted by atomic mass is 9.80. The summed E-state index contributed by atoms with van der Waals surface area (Å²) in [6.45, 7) is -1.99. The molecule has 0 saturated heterocycles. The molecule has 1 aliphatic heterocycles. The van der Waals surface area contributed by atoms with Crippen molar-refractivity contribution in [3.05, 3.63) is 83.2 Å². The molecule has 55 heavy (non-hydrogen) atoms. The van der Waals surface area contributed by atoms with E-state index in [9.17, 15) is 45.6 Å². The molecule has 3 atom stereocenters. The fourth-order valence-corrected chi connectivity index (χ4v) is 6.60. The molecule has 13 nitrogen and oxygen atoms in total. The van der Waals surface area contributed by atoms with Crippen LogP contribution in [0.4, 0.5) is 35.5 Å². The Morgan fingerprint density at radius 2 is 1.82 bits per heavy atom. The smallest absolute Gasteiger partial charge is 0.411 e. The van der Waals surface area contributed by atoms with E-state index in [-0.39, 0.29) is 47.5 Å². The monoisotopic (exact) mass is 794 g/mol. The molecule has 6 rings (SSSR count). The Bertz CT molecular complexity index is 2150. The Hall–Kier alpha value is -5.71. The predicted octanol–water partition coefficient (Wildman–Crippen LogP) is 6.97. The van der Waals surface area contributed by atoms with Crippen molar-refractivity contribution < 1.29 is 45.1 Å². The van der Waals surface area contributed by atoms with Gasteiger partial charge in [0.2, 0.25) is 0 Å². The average Bonchev–Trinajstić information content (AvgIpc) is 3.44. The molecule has 0 unspecified atom stereocenters. The van der Waals surface area contributed by atoms with Crippen molar-refractivity contribution in [2.45, 2.75) is 68.9 Å². The minimum absolute atomic E-state index is 0.00601. The number of aliphatic imine (C=N–C) groups is 1. The number of nitrogens with one attached hydrogen (secondary N) is 1. The Morgan fingerprint density at radius 3 is 2.42 bits per heavy atom. The maximum atomic E-state index is 14.9. The highest BCUT2D eigenvalue weighted by Gasteiger charge is 2.64. The number of alkyl carbamates (subject to hydrolysis) is 1. The SMILES string of the molecule is C[C@@H](CC#N)C[C@]1(c2ccc(-c3cnn(C(F)F)c3)cc2)N=C(N)N([C@H](COC(=O)NC2(C(F)(F)F)CC2)c2ccc(Cl)c(-n3ncnc3C(F)F)c2)C1=O. The first-order valence-electron chi connectivity index (χ1n) is 16.5. The lowest BCUT2D eigenvalue weighted by Crippen LogP contribution is -2.49. The molecule has 0 spiro atoms. The van der Waals surface area contributed by atoms with E-state index in [1.165, 1.54) is 36.5 Å². The number of alkyl halides is 7. The maximum absolute atomic E-state index is 14.9. The van der Waals surface area contributed by atoms with Gasteiger partial charge in [0.15, 0.2) is 17.3 Å². The van der Waals surface area contributed by atoms with Gasteiger partial charge in [0.1, 0.15) is 18.5 Å². The van der Waals surface area contributed by atoms with E-state index < -0.39 is 72.6 Å². The summed E-state index contributed by atoms with van der Waals surface area (Å²) in [4.78, 5) is 36.8. The molecule has 21 heteroatoms. The topological polar surface area (TPSA) is 169 Å². The van der Waals surface area contributed by atoms with Crippen molar-refractivity contribution in [1.29, 1.82) is 5.26 Å². The van der Waals surface area contributed by atoms with Gasteiger partial charge in [0, 0.05) is 18.2 Å². The number of nitrogens with two attached hydrogens (primary N) is 1. The standard InChI is InChI=1S/C34H30ClF7N10O3/c1-18(8-11-43)13-33(22-5-2-19(3-6-22)21-14-46-50(15-21)29(38)39)28(53)51(30(44)48-33)25(16-55-31(54)49-32(9-10-32)34(40,41)42)20-4-7-23(35)24(12-20)52-27(26(36)37)45-17-47-52/h2-7,12,14-15,17-18,25-26,29H,8-10,13,16H2,1H3,(H2,44,48)(H,49,54)/t18-,25+,33+/m0/s1. The molecule has 290 valence electrons. The zero-order chi connectivity index (χ0) is 39.9. The first kappa shape index (κ1) is 39.0. The summed E-state index contributed by atoms with van der Waals surface area (Å²) in [5.74, 6) is -2.44. The van der Waals surface area contributed by atoms with Crippen LogP contribution in [-0.2, 0) is 15.1 Å². The quantitative estimate of drug-likeness (QED) is 0.137. The lowest BCUT2D eigenvalue weighted by Gasteiger charge is -2.33. The number of amides is 2. The van der Waals surface area contributed by atoms with Crippen molar-refractivity contribution in [3.8, 4) is 22.9 Å². The van der Waals surface area contributed by atoms with Crippen LogP contribution >= 0.6 is 11.6 Å². The van der Waals surface area contributed by atoms with Crippen LogP contribution in [0.15, 0.2) is 66.2 Å². The Labute approximate surface area is 312 Å². The average molecular weight is 795 g/mol. The van der Waals surface area contributed by atoms with Crippen LogP contribution in [-0.4, -0.2) is 65.7 Å². The van der Waals surface area contributed by atoms with Crippen molar-refractivity contribution in [2.75, 3.05) is 6.61 Å². The van der Waals surface area contributed by atoms with Gasteiger partial charge in [-0.25, -0.2) is 32.9 Å². The van der Waals surface area contributed by atoms with Gasteiger partial charge in [-0.1, -0.05) is 48.9 Å². The molecule has 2 amide bonds. The third-order valence-electron chi connectivity index (χ3n) is 9.38. The number of carbonyl (C=O) groups is 2. The second-order valence-electron chi connectivity index (χ2n) is 13.1. The number of nitrogens with zero attached hydrogens (tertiary/aromatic N) is 8. The molecule has 2 aromatic carbocycles. The number of aromatic nitrogens is 5. The zero-order valence-electron chi connectivity index (χ0n) is 28.5. The first-order valence-corrected chi connectivity index (χ1v) is 16.9. The Kier molecular flexibility index (Phi) is 10.5. The highest BCUT2D eigenvalue weighted by atomic mass is 35.5. The molecular weight excluding hydrogens is 765 g/mol. The third-order valence-corrected chi connectivity index (χ3v) is 9.70. The first-order chi connectivity index (χ1) is 26.0. The van der Waals surface area contributed by atoms with E-state index in [2.05, 4.69) is 20.2 Å². The van der Waals surface area contributed by atoms with Crippen LogP contribution in [0.5, 0.6) is 0 Å². The molecule has 2 aliphatic rings. The van der Waals surface area contributed by atoms with Gasteiger partial charge in [-0.15, -0.1) is 0 Å². The third kappa shape index (κ3) is 7.52. The van der Waals surface area contributed by atoms with E-state index in [1.54, 1.807) is 19.1 Å².